The monoisotopic (exact) mass is 372 g/mol. The van der Waals surface area contributed by atoms with Crippen molar-refractivity contribution in [3.05, 3.63) is 72.2 Å². The lowest BCUT2D eigenvalue weighted by Gasteiger charge is -2.13. The van der Waals surface area contributed by atoms with Crippen LogP contribution in [0, 0.1) is 0 Å². The van der Waals surface area contributed by atoms with Crippen LogP contribution in [0.25, 0.3) is 11.1 Å². The Bertz CT molecular complexity index is 1020. The number of phenolic OH excluding ortho intramolecular Hbond substituents is 1. The van der Waals surface area contributed by atoms with Crippen molar-refractivity contribution in [2.75, 3.05) is 7.11 Å². The largest absolute Gasteiger partial charge is 0.506 e. The third kappa shape index (κ3) is 3.34. The summed E-state index contributed by atoms with van der Waals surface area (Å²) in [5, 5.41) is 10.6. The van der Waals surface area contributed by atoms with Crippen LogP contribution in [0.1, 0.15) is 15.9 Å². The highest BCUT2D eigenvalue weighted by Gasteiger charge is 2.25. The summed E-state index contributed by atoms with van der Waals surface area (Å²) in [6.07, 6.45) is 2.84. The van der Waals surface area contributed by atoms with Crippen LogP contribution >= 0.6 is 0 Å². The summed E-state index contributed by atoms with van der Waals surface area (Å²) in [7, 11) is -2.53. The molecule has 0 aliphatic rings. The molecule has 134 valence electrons. The Morgan fingerprint density at radius 2 is 1.85 bits per heavy atom. The first-order valence-electron chi connectivity index (χ1n) is 7.67. The third-order valence-corrected chi connectivity index (χ3v) is 5.62. The zero-order valence-electron chi connectivity index (χ0n) is 13.9. The van der Waals surface area contributed by atoms with E-state index in [1.165, 1.54) is 37.8 Å². The number of methoxy groups -OCH3 is 1. The van der Waals surface area contributed by atoms with E-state index in [1.807, 2.05) is 0 Å². The van der Waals surface area contributed by atoms with Crippen molar-refractivity contribution in [3.63, 3.8) is 0 Å². The topological polar surface area (TPSA) is 93.8 Å². The van der Waals surface area contributed by atoms with E-state index in [2.05, 4.69) is 0 Å². The first-order valence-corrected chi connectivity index (χ1v) is 9.33. The summed E-state index contributed by atoms with van der Waals surface area (Å²) in [4.78, 5) is 12.3. The number of ether oxygens (including phenoxy) is 1. The smallest absolute Gasteiger partial charge is 0.341 e. The molecule has 1 N–H and O–H groups in total. The number of sulfone groups is 1. The number of furan rings is 1. The average molecular weight is 372 g/mol. The van der Waals surface area contributed by atoms with Crippen LogP contribution in [-0.4, -0.2) is 26.6 Å². The predicted molar refractivity (Wildman–Crippen MR) is 94.5 cm³/mol. The highest BCUT2D eigenvalue weighted by atomic mass is 32.2. The van der Waals surface area contributed by atoms with Crippen molar-refractivity contribution in [2.45, 2.75) is 10.6 Å². The van der Waals surface area contributed by atoms with Crippen LogP contribution in [0.4, 0.5) is 0 Å². The number of rotatable bonds is 5. The standard InChI is InChI=1S/C19H16O6S/c1-24-19(21)17-14(12-26(22,23)15-5-3-2-4-6-15)7-8-16(18(17)20)13-9-10-25-11-13/h2-11,20H,12H2,1H3. The number of hydrogen-bond donors (Lipinski definition) is 1. The summed E-state index contributed by atoms with van der Waals surface area (Å²) in [5.74, 6) is -1.61. The number of aromatic hydroxyl groups is 1. The van der Waals surface area contributed by atoms with Gasteiger partial charge in [-0.15, -0.1) is 0 Å². The second-order valence-corrected chi connectivity index (χ2v) is 7.56. The maximum Gasteiger partial charge on any atom is 0.341 e. The maximum atomic E-state index is 12.6. The molecule has 0 radical (unpaired) electrons. The van der Waals surface area contributed by atoms with Gasteiger partial charge in [0, 0.05) is 11.1 Å². The molecule has 0 unspecified atom stereocenters. The molecule has 0 bridgehead atoms. The Morgan fingerprint density at radius 1 is 1.12 bits per heavy atom. The molecular weight excluding hydrogens is 356 g/mol. The third-order valence-electron chi connectivity index (χ3n) is 3.93. The summed E-state index contributed by atoms with van der Waals surface area (Å²) < 4.78 is 35.0. The van der Waals surface area contributed by atoms with Crippen LogP contribution in [0.5, 0.6) is 5.75 Å². The Morgan fingerprint density at radius 3 is 2.46 bits per heavy atom. The molecule has 1 aromatic heterocycles. The molecule has 3 aromatic rings. The quantitative estimate of drug-likeness (QED) is 0.690. The molecular formula is C19H16O6S. The SMILES string of the molecule is COC(=O)c1c(CS(=O)(=O)c2ccccc2)ccc(-c2ccoc2)c1O. The van der Waals surface area contributed by atoms with Gasteiger partial charge in [0.1, 0.15) is 11.3 Å². The highest BCUT2D eigenvalue weighted by molar-refractivity contribution is 7.90. The van der Waals surface area contributed by atoms with Gasteiger partial charge in [0.2, 0.25) is 0 Å². The minimum Gasteiger partial charge on any atom is -0.506 e. The minimum absolute atomic E-state index is 0.134. The second kappa shape index (κ2) is 7.05. The van der Waals surface area contributed by atoms with Crippen LogP contribution in [0.2, 0.25) is 0 Å². The fourth-order valence-corrected chi connectivity index (χ4v) is 4.04. The molecule has 7 heteroatoms. The van der Waals surface area contributed by atoms with E-state index < -0.39 is 21.6 Å². The van der Waals surface area contributed by atoms with E-state index in [0.29, 0.717) is 11.1 Å². The number of phenols is 1. The molecule has 0 spiro atoms. The number of hydrogen-bond acceptors (Lipinski definition) is 6. The lowest BCUT2D eigenvalue weighted by Crippen LogP contribution is -2.12. The molecule has 0 fully saturated rings. The van der Waals surface area contributed by atoms with Crippen molar-refractivity contribution < 1.29 is 27.5 Å². The van der Waals surface area contributed by atoms with Gasteiger partial charge >= 0.3 is 5.97 Å². The average Bonchev–Trinajstić information content (AvgIpc) is 3.16. The van der Waals surface area contributed by atoms with Crippen molar-refractivity contribution in [1.29, 1.82) is 0 Å². The number of esters is 1. The Balaban J connectivity index is 2.10. The van der Waals surface area contributed by atoms with Gasteiger partial charge in [-0.05, 0) is 23.8 Å². The van der Waals surface area contributed by atoms with Crippen LogP contribution in [0.3, 0.4) is 0 Å². The zero-order chi connectivity index (χ0) is 18.7. The van der Waals surface area contributed by atoms with Gasteiger partial charge in [-0.2, -0.15) is 0 Å². The van der Waals surface area contributed by atoms with Crippen LogP contribution in [0.15, 0.2) is 70.4 Å². The fourth-order valence-electron chi connectivity index (χ4n) is 2.65. The van der Waals surface area contributed by atoms with E-state index in [9.17, 15) is 18.3 Å². The van der Waals surface area contributed by atoms with Gasteiger partial charge in [-0.25, -0.2) is 13.2 Å². The molecule has 0 saturated heterocycles. The van der Waals surface area contributed by atoms with Gasteiger partial charge in [0.25, 0.3) is 0 Å². The van der Waals surface area contributed by atoms with E-state index in [1.54, 1.807) is 30.3 Å². The second-order valence-electron chi connectivity index (χ2n) is 5.57. The van der Waals surface area contributed by atoms with Crippen LogP contribution in [-0.2, 0) is 20.3 Å². The summed E-state index contributed by atoms with van der Waals surface area (Å²) >= 11 is 0. The summed E-state index contributed by atoms with van der Waals surface area (Å²) in [6.45, 7) is 0. The Labute approximate surface area is 150 Å². The van der Waals surface area contributed by atoms with Gasteiger partial charge in [-0.3, -0.25) is 0 Å². The van der Waals surface area contributed by atoms with Gasteiger partial charge < -0.3 is 14.3 Å². The lowest BCUT2D eigenvalue weighted by atomic mass is 9.99. The van der Waals surface area contributed by atoms with Crippen molar-refractivity contribution in [2.24, 2.45) is 0 Å². The van der Waals surface area contributed by atoms with Crippen molar-refractivity contribution in [1.82, 2.24) is 0 Å². The summed E-state index contributed by atoms with van der Waals surface area (Å²) in [6, 6.07) is 12.6. The maximum absolute atomic E-state index is 12.6. The molecule has 2 aromatic carbocycles. The highest BCUT2D eigenvalue weighted by Crippen LogP contribution is 2.36. The molecule has 0 aliphatic heterocycles. The molecule has 26 heavy (non-hydrogen) atoms. The first kappa shape index (κ1) is 17.8. The molecule has 1 heterocycles. The Kier molecular flexibility index (Phi) is 4.81. The fraction of sp³-hybridized carbons (Fsp3) is 0.105. The van der Waals surface area contributed by atoms with E-state index in [4.69, 9.17) is 9.15 Å². The van der Waals surface area contributed by atoms with E-state index in [0.717, 1.165) is 0 Å². The van der Waals surface area contributed by atoms with Gasteiger partial charge in [0.15, 0.2) is 9.84 Å². The molecule has 6 nitrogen and oxygen atoms in total. The molecule has 3 rings (SSSR count). The van der Waals surface area contributed by atoms with E-state index in [-0.39, 0.29) is 21.8 Å². The molecule has 0 atom stereocenters. The van der Waals surface area contributed by atoms with Crippen molar-refractivity contribution >= 4 is 15.8 Å². The lowest BCUT2D eigenvalue weighted by molar-refractivity contribution is 0.0596. The zero-order valence-corrected chi connectivity index (χ0v) is 14.7. The minimum atomic E-state index is -3.70. The molecule has 0 amide bonds. The molecule has 0 aliphatic carbocycles. The van der Waals surface area contributed by atoms with Gasteiger partial charge in [0.05, 0.1) is 30.3 Å². The van der Waals surface area contributed by atoms with Gasteiger partial charge in [-0.1, -0.05) is 30.3 Å². The molecule has 0 saturated carbocycles. The van der Waals surface area contributed by atoms with Crippen LogP contribution < -0.4 is 0 Å². The Hall–Kier alpha value is -3.06. The number of benzene rings is 2. The number of carbonyl (C=O) groups is 1. The van der Waals surface area contributed by atoms with E-state index >= 15 is 0 Å². The normalized spacial score (nSPS) is 11.3. The summed E-state index contributed by atoms with van der Waals surface area (Å²) in [5.41, 5.74) is 0.890. The predicted octanol–water partition coefficient (Wildman–Crippen LogP) is 3.41. The first-order chi connectivity index (χ1) is 12.4. The van der Waals surface area contributed by atoms with Crippen molar-refractivity contribution in [3.8, 4) is 16.9 Å². The number of carbonyl (C=O) groups excluding carboxylic acids is 1.